The molecule has 5 aromatic carbocycles. The lowest BCUT2D eigenvalue weighted by Gasteiger charge is -2.41. The number of rotatable bonds is 11. The third-order valence-electron chi connectivity index (χ3n) is 9.81. The van der Waals surface area contributed by atoms with Crippen LogP contribution in [-0.2, 0) is 22.6 Å². The summed E-state index contributed by atoms with van der Waals surface area (Å²) in [7, 11) is 0. The highest BCUT2D eigenvalue weighted by Gasteiger charge is 2.34. The van der Waals surface area contributed by atoms with Gasteiger partial charge in [-0.1, -0.05) is 84.9 Å². The highest BCUT2D eigenvalue weighted by atomic mass is 16.7. The van der Waals surface area contributed by atoms with Crippen LogP contribution in [0.15, 0.2) is 127 Å². The maximum absolute atomic E-state index is 12.6. The number of aliphatic hydroxyl groups excluding tert-OH is 1. The van der Waals surface area contributed by atoms with Crippen molar-refractivity contribution in [3.63, 3.8) is 0 Å². The lowest BCUT2D eigenvalue weighted by atomic mass is 9.98. The fourth-order valence-corrected chi connectivity index (χ4v) is 6.86. The molecule has 0 bridgehead atoms. The van der Waals surface area contributed by atoms with Crippen molar-refractivity contribution in [2.24, 2.45) is 0 Å². The minimum absolute atomic E-state index is 0.0103. The van der Waals surface area contributed by atoms with Gasteiger partial charge in [0.15, 0.2) is 6.29 Å². The summed E-state index contributed by atoms with van der Waals surface area (Å²) in [4.78, 5) is 27.9. The normalized spacial score (nSPS) is 19.2. The Morgan fingerprint density at radius 2 is 1.48 bits per heavy atom. The number of aliphatic hydroxyl groups is 1. The van der Waals surface area contributed by atoms with Crippen LogP contribution >= 0.6 is 0 Å². The molecule has 0 aliphatic carbocycles. The maximum atomic E-state index is 12.6. The van der Waals surface area contributed by atoms with Crippen molar-refractivity contribution in [1.82, 2.24) is 10.2 Å². The van der Waals surface area contributed by atoms with E-state index < -0.39 is 6.29 Å². The van der Waals surface area contributed by atoms with Gasteiger partial charge in [-0.05, 0) is 58.1 Å². The number of ether oxygens (including phenoxy) is 2. The summed E-state index contributed by atoms with van der Waals surface area (Å²) >= 11 is 0. The molecule has 3 atom stereocenters. The van der Waals surface area contributed by atoms with Gasteiger partial charge >= 0.3 is 0 Å². The summed E-state index contributed by atoms with van der Waals surface area (Å²) in [6.07, 6.45) is -0.116. The van der Waals surface area contributed by atoms with Gasteiger partial charge in [-0.25, -0.2) is 0 Å². The summed E-state index contributed by atoms with van der Waals surface area (Å²) < 4.78 is 13.3. The van der Waals surface area contributed by atoms with E-state index in [1.165, 1.54) is 0 Å². The van der Waals surface area contributed by atoms with E-state index in [4.69, 9.17) is 9.47 Å². The number of nitrogens with one attached hydrogen (secondary N) is 1. The monoisotopic (exact) mass is 698 g/mol. The van der Waals surface area contributed by atoms with Gasteiger partial charge in [0.2, 0.25) is 0 Å². The zero-order valence-electron chi connectivity index (χ0n) is 28.8. The van der Waals surface area contributed by atoms with Gasteiger partial charge in [0, 0.05) is 74.6 Å². The first kappa shape index (κ1) is 35.0. The first-order valence-electron chi connectivity index (χ1n) is 17.7. The number of hydrogen-bond acceptors (Lipinski definition) is 8. The third kappa shape index (κ3) is 8.55. The molecule has 2 heterocycles. The Hall–Kier alpha value is -5.39. The van der Waals surface area contributed by atoms with Gasteiger partial charge in [-0.3, -0.25) is 19.8 Å². The van der Waals surface area contributed by atoms with Gasteiger partial charge in [0.05, 0.1) is 23.7 Å². The molecule has 0 saturated carbocycles. The van der Waals surface area contributed by atoms with Gasteiger partial charge < -0.3 is 24.8 Å². The number of anilines is 1. The van der Waals surface area contributed by atoms with E-state index in [0.29, 0.717) is 18.5 Å². The Bertz CT molecular complexity index is 1950. The van der Waals surface area contributed by atoms with Crippen molar-refractivity contribution in [2.75, 3.05) is 37.6 Å². The standard InChI is InChI=1S/C42H42N4O6/c47-29-30-9-11-33(12-10-30)40-26-39(28-44-21-23-45(24-22-44)37-17-19-38(20-18-37)46(49)50)51-42(52-40)35-15-13-32(14-16-35)36-8-4-5-31(25-36)27-43-41(48)34-6-2-1-3-7-34/h1-20,25,39-40,42,47H,21-24,26-29H2,(H,43,48). The molecule has 7 rings (SSSR count). The summed E-state index contributed by atoms with van der Waals surface area (Å²) in [5.41, 5.74) is 7.67. The summed E-state index contributed by atoms with van der Waals surface area (Å²) in [6.45, 7) is 4.51. The number of nitrogens with zero attached hydrogens (tertiary/aromatic N) is 3. The number of nitro benzene ring substituents is 1. The predicted octanol–water partition coefficient (Wildman–Crippen LogP) is 7.05. The molecular formula is C42H42N4O6. The Morgan fingerprint density at radius 1 is 0.769 bits per heavy atom. The number of benzene rings is 5. The Kier molecular flexibility index (Phi) is 11.0. The predicted molar refractivity (Wildman–Crippen MR) is 200 cm³/mol. The van der Waals surface area contributed by atoms with Crippen LogP contribution in [0.25, 0.3) is 11.1 Å². The molecule has 1 amide bonds. The van der Waals surface area contributed by atoms with Crippen LogP contribution in [0.5, 0.6) is 0 Å². The van der Waals surface area contributed by atoms with Crippen LogP contribution in [-0.4, -0.2) is 59.7 Å². The van der Waals surface area contributed by atoms with Crippen LogP contribution < -0.4 is 10.2 Å². The third-order valence-corrected chi connectivity index (χ3v) is 9.81. The van der Waals surface area contributed by atoms with E-state index in [0.717, 1.165) is 71.8 Å². The van der Waals surface area contributed by atoms with Crippen molar-refractivity contribution in [3.8, 4) is 11.1 Å². The molecule has 2 N–H and O–H groups in total. The average Bonchev–Trinajstić information content (AvgIpc) is 3.20. The van der Waals surface area contributed by atoms with Crippen molar-refractivity contribution < 1.29 is 24.3 Å². The number of hydrogen-bond donors (Lipinski definition) is 2. The van der Waals surface area contributed by atoms with E-state index in [2.05, 4.69) is 51.5 Å². The highest BCUT2D eigenvalue weighted by molar-refractivity contribution is 5.94. The quantitative estimate of drug-likeness (QED) is 0.111. The zero-order valence-corrected chi connectivity index (χ0v) is 28.8. The smallest absolute Gasteiger partial charge is 0.269 e. The SMILES string of the molecule is O=C(NCc1cccc(-c2ccc(C3OC(CN4CCN(c5ccc([N+](=O)[O-])cc5)CC4)CC(c4ccc(CO)cc4)O3)cc2)c1)c1ccccc1. The van der Waals surface area contributed by atoms with Crippen molar-refractivity contribution in [1.29, 1.82) is 0 Å². The molecular weight excluding hydrogens is 656 g/mol. The van der Waals surface area contributed by atoms with Crippen molar-refractivity contribution in [2.45, 2.75) is 38.1 Å². The minimum atomic E-state index is -0.559. The van der Waals surface area contributed by atoms with Crippen molar-refractivity contribution >= 4 is 17.3 Å². The second kappa shape index (κ2) is 16.3. The first-order valence-corrected chi connectivity index (χ1v) is 17.7. The van der Waals surface area contributed by atoms with Crippen LogP contribution in [0.4, 0.5) is 11.4 Å². The molecule has 0 aromatic heterocycles. The molecule has 2 aliphatic heterocycles. The van der Waals surface area contributed by atoms with Crippen LogP contribution in [0.2, 0.25) is 0 Å². The summed E-state index contributed by atoms with van der Waals surface area (Å²) in [5.74, 6) is -0.103. The fraction of sp³-hybridized carbons (Fsp3) is 0.262. The molecule has 3 unspecified atom stereocenters. The van der Waals surface area contributed by atoms with Crippen LogP contribution in [0, 0.1) is 10.1 Å². The van der Waals surface area contributed by atoms with E-state index >= 15 is 0 Å². The van der Waals surface area contributed by atoms with Crippen LogP contribution in [0.1, 0.15) is 51.4 Å². The maximum Gasteiger partial charge on any atom is 0.269 e. The minimum Gasteiger partial charge on any atom is -0.392 e. The second-order valence-electron chi connectivity index (χ2n) is 13.3. The lowest BCUT2D eigenvalue weighted by molar-refractivity contribution is -0.384. The first-order chi connectivity index (χ1) is 25.4. The van der Waals surface area contributed by atoms with E-state index in [1.807, 2.05) is 66.7 Å². The van der Waals surface area contributed by atoms with Gasteiger partial charge in [-0.2, -0.15) is 0 Å². The van der Waals surface area contributed by atoms with Gasteiger partial charge in [0.1, 0.15) is 0 Å². The lowest BCUT2D eigenvalue weighted by Crippen LogP contribution is -2.49. The van der Waals surface area contributed by atoms with E-state index in [9.17, 15) is 20.0 Å². The summed E-state index contributed by atoms with van der Waals surface area (Å²) in [6, 6.07) is 40.3. The largest absolute Gasteiger partial charge is 0.392 e. The molecule has 266 valence electrons. The number of carbonyl (C=O) groups is 1. The molecule has 52 heavy (non-hydrogen) atoms. The number of non-ortho nitro benzene ring substituents is 1. The summed E-state index contributed by atoms with van der Waals surface area (Å²) in [5, 5.41) is 23.7. The molecule has 5 aromatic rings. The molecule has 0 radical (unpaired) electrons. The Morgan fingerprint density at radius 3 is 2.17 bits per heavy atom. The molecule has 2 aliphatic rings. The van der Waals surface area contributed by atoms with Crippen LogP contribution in [0.3, 0.4) is 0 Å². The number of nitro groups is 1. The van der Waals surface area contributed by atoms with Crippen molar-refractivity contribution in [3.05, 3.63) is 165 Å². The Balaban J connectivity index is 1.02. The molecule has 0 spiro atoms. The highest BCUT2D eigenvalue weighted by Crippen LogP contribution is 2.39. The van der Waals surface area contributed by atoms with Gasteiger partial charge in [-0.15, -0.1) is 0 Å². The Labute approximate surface area is 303 Å². The fourth-order valence-electron chi connectivity index (χ4n) is 6.86. The molecule has 2 saturated heterocycles. The second-order valence-corrected chi connectivity index (χ2v) is 13.3. The van der Waals surface area contributed by atoms with E-state index in [1.54, 1.807) is 24.3 Å². The molecule has 10 nitrogen and oxygen atoms in total. The molecule has 2 fully saturated rings. The topological polar surface area (TPSA) is 117 Å². The number of piperazine rings is 1. The van der Waals surface area contributed by atoms with E-state index in [-0.39, 0.29) is 35.3 Å². The zero-order chi connectivity index (χ0) is 35.9. The number of amides is 1. The average molecular weight is 699 g/mol. The van der Waals surface area contributed by atoms with Gasteiger partial charge in [0.25, 0.3) is 11.6 Å². The number of carbonyl (C=O) groups excluding carboxylic acids is 1. The molecule has 10 heteroatoms.